The summed E-state index contributed by atoms with van der Waals surface area (Å²) < 4.78 is 16.9. The molecule has 0 fully saturated rings. The van der Waals surface area contributed by atoms with E-state index in [1.165, 1.54) is 4.90 Å². The molecule has 8 heteroatoms. The van der Waals surface area contributed by atoms with Crippen LogP contribution in [0.5, 0.6) is 11.5 Å². The summed E-state index contributed by atoms with van der Waals surface area (Å²) in [5.41, 5.74) is 1.83. The second-order valence-electron chi connectivity index (χ2n) is 7.09. The number of carbonyl (C=O) groups excluding carboxylic acids is 2. The van der Waals surface area contributed by atoms with Crippen LogP contribution in [0.25, 0.3) is 10.2 Å². The predicted molar refractivity (Wildman–Crippen MR) is 120 cm³/mol. The fourth-order valence-corrected chi connectivity index (χ4v) is 4.19. The molecule has 7 nitrogen and oxygen atoms in total. The number of nitrogens with zero attached hydrogens (tertiary/aromatic N) is 2. The molecule has 0 N–H and O–H groups in total. The van der Waals surface area contributed by atoms with Crippen molar-refractivity contribution in [3.8, 4) is 11.5 Å². The Hall–Kier alpha value is -3.13. The summed E-state index contributed by atoms with van der Waals surface area (Å²) >= 11 is 1.55. The van der Waals surface area contributed by atoms with Gasteiger partial charge >= 0.3 is 5.97 Å². The van der Waals surface area contributed by atoms with Gasteiger partial charge < -0.3 is 19.1 Å². The number of ether oxygens (including phenoxy) is 3. The van der Waals surface area contributed by atoms with Gasteiger partial charge in [-0.1, -0.05) is 18.2 Å². The number of likely N-dealkylation sites (N-methyl/N-ethyl adjacent to an activating group) is 1. The molecule has 164 valence electrons. The third kappa shape index (κ3) is 5.73. The number of thiazole rings is 1. The molecule has 0 aliphatic heterocycles. The topological polar surface area (TPSA) is 78.0 Å². The zero-order chi connectivity index (χ0) is 22.4. The highest BCUT2D eigenvalue weighted by atomic mass is 32.1. The Morgan fingerprint density at radius 1 is 1.10 bits per heavy atom. The van der Waals surface area contributed by atoms with E-state index < -0.39 is 12.1 Å². The molecule has 3 aromatic rings. The SMILES string of the molecule is COc1ccc(CCC(=O)OC(C)C(=O)N(C)Cc2nc3ccccc3s2)cc1OC. The Bertz CT molecular complexity index is 1030. The van der Waals surface area contributed by atoms with Crippen molar-refractivity contribution in [1.82, 2.24) is 9.88 Å². The lowest BCUT2D eigenvalue weighted by Crippen LogP contribution is -2.37. The van der Waals surface area contributed by atoms with E-state index in [1.807, 2.05) is 36.4 Å². The minimum absolute atomic E-state index is 0.161. The van der Waals surface area contributed by atoms with E-state index >= 15 is 0 Å². The second-order valence-corrected chi connectivity index (χ2v) is 8.21. The lowest BCUT2D eigenvalue weighted by atomic mass is 10.1. The lowest BCUT2D eigenvalue weighted by Gasteiger charge is -2.20. The number of aromatic nitrogens is 1. The number of hydrogen-bond donors (Lipinski definition) is 0. The standard InChI is InChI=1S/C23H26N2O5S/c1-15(23(27)25(2)14-21-24-17-7-5-6-8-20(17)31-21)30-22(26)12-10-16-9-11-18(28-3)19(13-16)29-4/h5-9,11,13,15H,10,12,14H2,1-4H3. The number of rotatable bonds is 9. The van der Waals surface area contributed by atoms with Crippen LogP contribution in [0.15, 0.2) is 42.5 Å². The Labute approximate surface area is 185 Å². The van der Waals surface area contributed by atoms with Gasteiger partial charge in [-0.3, -0.25) is 9.59 Å². The molecular weight excluding hydrogens is 416 g/mol. The highest BCUT2D eigenvalue weighted by Gasteiger charge is 2.22. The number of para-hydroxylation sites is 1. The van der Waals surface area contributed by atoms with Gasteiger partial charge in [0, 0.05) is 13.5 Å². The third-order valence-electron chi connectivity index (χ3n) is 4.81. The van der Waals surface area contributed by atoms with E-state index in [1.54, 1.807) is 45.6 Å². The van der Waals surface area contributed by atoms with Gasteiger partial charge in [0.15, 0.2) is 17.6 Å². The smallest absolute Gasteiger partial charge is 0.306 e. The zero-order valence-corrected chi connectivity index (χ0v) is 18.9. The Morgan fingerprint density at radius 3 is 2.55 bits per heavy atom. The second kappa shape index (κ2) is 10.3. The number of carbonyl (C=O) groups is 2. The molecule has 1 unspecified atom stereocenters. The van der Waals surface area contributed by atoms with Gasteiger partial charge in [0.25, 0.3) is 5.91 Å². The van der Waals surface area contributed by atoms with Gasteiger partial charge in [-0.05, 0) is 43.2 Å². The molecule has 3 rings (SSSR count). The van der Waals surface area contributed by atoms with Crippen molar-refractivity contribution in [2.45, 2.75) is 32.4 Å². The maximum Gasteiger partial charge on any atom is 0.306 e. The molecule has 0 spiro atoms. The van der Waals surface area contributed by atoms with Crippen molar-refractivity contribution in [2.24, 2.45) is 0 Å². The number of amides is 1. The van der Waals surface area contributed by atoms with E-state index in [2.05, 4.69) is 4.98 Å². The van der Waals surface area contributed by atoms with Gasteiger partial charge in [0.05, 0.1) is 31.0 Å². The van der Waals surface area contributed by atoms with Crippen LogP contribution in [0, 0.1) is 0 Å². The number of benzene rings is 2. The maximum absolute atomic E-state index is 12.6. The van der Waals surface area contributed by atoms with E-state index in [9.17, 15) is 9.59 Å². The highest BCUT2D eigenvalue weighted by molar-refractivity contribution is 7.18. The van der Waals surface area contributed by atoms with Crippen LogP contribution < -0.4 is 9.47 Å². The average Bonchev–Trinajstić information content (AvgIpc) is 3.18. The first-order valence-corrected chi connectivity index (χ1v) is 10.7. The van der Waals surface area contributed by atoms with Crippen molar-refractivity contribution >= 4 is 33.4 Å². The summed E-state index contributed by atoms with van der Waals surface area (Å²) in [6.45, 7) is 1.96. The highest BCUT2D eigenvalue weighted by Crippen LogP contribution is 2.28. The fraction of sp³-hybridized carbons (Fsp3) is 0.348. The summed E-state index contributed by atoms with van der Waals surface area (Å²) in [7, 11) is 4.82. The summed E-state index contributed by atoms with van der Waals surface area (Å²) in [6.07, 6.45) is -0.228. The van der Waals surface area contributed by atoms with Gasteiger partial charge in [-0.15, -0.1) is 11.3 Å². The van der Waals surface area contributed by atoms with Crippen LogP contribution in [0.1, 0.15) is 23.9 Å². The molecule has 0 aliphatic carbocycles. The summed E-state index contributed by atoms with van der Waals surface area (Å²) in [4.78, 5) is 30.9. The first-order valence-electron chi connectivity index (χ1n) is 9.91. The van der Waals surface area contributed by atoms with Gasteiger partial charge in [-0.25, -0.2) is 4.98 Å². The summed E-state index contributed by atoms with van der Waals surface area (Å²) in [6, 6.07) is 13.3. The first-order chi connectivity index (χ1) is 14.9. The monoisotopic (exact) mass is 442 g/mol. The molecule has 1 heterocycles. The van der Waals surface area contributed by atoms with E-state index in [4.69, 9.17) is 14.2 Å². The minimum atomic E-state index is -0.864. The number of hydrogen-bond acceptors (Lipinski definition) is 7. The van der Waals surface area contributed by atoms with E-state index in [0.29, 0.717) is 24.5 Å². The molecule has 2 aromatic carbocycles. The molecule has 0 saturated heterocycles. The quantitative estimate of drug-likeness (QED) is 0.469. The van der Waals surface area contributed by atoms with E-state index in [-0.39, 0.29) is 12.3 Å². The van der Waals surface area contributed by atoms with Crippen molar-refractivity contribution in [3.05, 3.63) is 53.0 Å². The molecule has 1 amide bonds. The number of fused-ring (bicyclic) bond motifs is 1. The van der Waals surface area contributed by atoms with Gasteiger partial charge in [-0.2, -0.15) is 0 Å². The molecule has 1 atom stereocenters. The Balaban J connectivity index is 1.50. The van der Waals surface area contributed by atoms with E-state index in [0.717, 1.165) is 20.8 Å². The molecule has 0 aliphatic rings. The normalized spacial score (nSPS) is 11.7. The van der Waals surface area contributed by atoms with Crippen LogP contribution in [-0.4, -0.2) is 49.1 Å². The van der Waals surface area contributed by atoms with Crippen molar-refractivity contribution in [1.29, 1.82) is 0 Å². The fourth-order valence-electron chi connectivity index (χ4n) is 3.17. The molecule has 0 saturated carbocycles. The average molecular weight is 443 g/mol. The van der Waals surface area contributed by atoms with Gasteiger partial charge in [0.1, 0.15) is 5.01 Å². The summed E-state index contributed by atoms with van der Waals surface area (Å²) in [5, 5.41) is 0.837. The maximum atomic E-state index is 12.6. The molecule has 31 heavy (non-hydrogen) atoms. The number of methoxy groups -OCH3 is 2. The van der Waals surface area contributed by atoms with Crippen LogP contribution in [0.2, 0.25) is 0 Å². The van der Waals surface area contributed by atoms with Crippen molar-refractivity contribution in [2.75, 3.05) is 21.3 Å². The van der Waals surface area contributed by atoms with Crippen LogP contribution in [0.4, 0.5) is 0 Å². The van der Waals surface area contributed by atoms with Crippen LogP contribution >= 0.6 is 11.3 Å². The molecule has 1 aromatic heterocycles. The lowest BCUT2D eigenvalue weighted by molar-refractivity contribution is -0.158. The zero-order valence-electron chi connectivity index (χ0n) is 18.1. The summed E-state index contributed by atoms with van der Waals surface area (Å²) in [5.74, 6) is 0.542. The van der Waals surface area contributed by atoms with Crippen molar-refractivity contribution < 1.29 is 23.8 Å². The van der Waals surface area contributed by atoms with Gasteiger partial charge in [0.2, 0.25) is 0 Å². The molecule has 0 bridgehead atoms. The number of esters is 1. The Morgan fingerprint density at radius 2 is 1.84 bits per heavy atom. The number of aryl methyl sites for hydroxylation is 1. The first kappa shape index (κ1) is 22.6. The van der Waals surface area contributed by atoms with Crippen molar-refractivity contribution in [3.63, 3.8) is 0 Å². The van der Waals surface area contributed by atoms with Crippen LogP contribution in [-0.2, 0) is 27.3 Å². The molecule has 0 radical (unpaired) electrons. The van der Waals surface area contributed by atoms with Crippen LogP contribution in [0.3, 0.4) is 0 Å². The minimum Gasteiger partial charge on any atom is -0.493 e. The third-order valence-corrected chi connectivity index (χ3v) is 5.83. The molecular formula is C23H26N2O5S. The largest absolute Gasteiger partial charge is 0.493 e. The predicted octanol–water partition coefficient (Wildman–Crippen LogP) is 3.84. The Kier molecular flexibility index (Phi) is 7.46.